The SMILES string of the molecule is Cc1cc(NS(=O)(=O)c2ccccc2)cc2[nH]c(Cc3ccc(C#N)cc3)nc12. The van der Waals surface area contributed by atoms with Crippen LogP contribution in [0.5, 0.6) is 0 Å². The fraction of sp³-hybridized carbons (Fsp3) is 0.0909. The molecular formula is C22H18N4O2S. The molecule has 3 aromatic carbocycles. The molecule has 0 aliphatic heterocycles. The van der Waals surface area contributed by atoms with E-state index in [0.29, 0.717) is 17.7 Å². The third-order valence-electron chi connectivity index (χ3n) is 4.59. The number of rotatable bonds is 5. The Bertz CT molecular complexity index is 1320. The van der Waals surface area contributed by atoms with Crippen molar-refractivity contribution in [3.05, 3.63) is 89.2 Å². The molecule has 4 aromatic rings. The summed E-state index contributed by atoms with van der Waals surface area (Å²) in [6.07, 6.45) is 0.588. The number of imidazole rings is 1. The molecule has 0 saturated carbocycles. The largest absolute Gasteiger partial charge is 0.342 e. The van der Waals surface area contributed by atoms with Crippen LogP contribution >= 0.6 is 0 Å². The predicted molar refractivity (Wildman–Crippen MR) is 112 cm³/mol. The Morgan fingerprint density at radius 1 is 1.07 bits per heavy atom. The van der Waals surface area contributed by atoms with Crippen molar-refractivity contribution in [1.82, 2.24) is 9.97 Å². The second-order valence-electron chi connectivity index (χ2n) is 6.78. The van der Waals surface area contributed by atoms with Gasteiger partial charge in [-0.25, -0.2) is 13.4 Å². The quantitative estimate of drug-likeness (QED) is 0.524. The van der Waals surface area contributed by atoms with Gasteiger partial charge in [-0.3, -0.25) is 4.72 Å². The van der Waals surface area contributed by atoms with Gasteiger partial charge in [0.15, 0.2) is 0 Å². The van der Waals surface area contributed by atoms with E-state index in [0.717, 1.165) is 28.0 Å². The zero-order chi connectivity index (χ0) is 20.4. The first-order chi connectivity index (χ1) is 13.9. The zero-order valence-corrected chi connectivity index (χ0v) is 16.5. The number of nitrogens with one attached hydrogen (secondary N) is 2. The van der Waals surface area contributed by atoms with Gasteiger partial charge >= 0.3 is 0 Å². The Balaban J connectivity index is 1.62. The van der Waals surface area contributed by atoms with Gasteiger partial charge in [-0.2, -0.15) is 5.26 Å². The fourth-order valence-corrected chi connectivity index (χ4v) is 4.25. The smallest absolute Gasteiger partial charge is 0.261 e. The van der Waals surface area contributed by atoms with Crippen LogP contribution in [0.1, 0.15) is 22.5 Å². The number of H-pyrrole nitrogens is 1. The van der Waals surface area contributed by atoms with E-state index in [9.17, 15) is 8.42 Å². The molecule has 2 N–H and O–H groups in total. The summed E-state index contributed by atoms with van der Waals surface area (Å²) < 4.78 is 27.8. The van der Waals surface area contributed by atoms with Crippen molar-refractivity contribution in [2.75, 3.05) is 4.72 Å². The average molecular weight is 402 g/mol. The highest BCUT2D eigenvalue weighted by molar-refractivity contribution is 7.92. The second kappa shape index (κ2) is 7.41. The number of sulfonamides is 1. The molecular weight excluding hydrogens is 384 g/mol. The van der Waals surface area contributed by atoms with E-state index in [1.165, 1.54) is 0 Å². The van der Waals surface area contributed by atoms with Gasteiger partial charge in [0, 0.05) is 6.42 Å². The lowest BCUT2D eigenvalue weighted by Gasteiger charge is -2.09. The topological polar surface area (TPSA) is 98.6 Å². The number of aromatic amines is 1. The first-order valence-corrected chi connectivity index (χ1v) is 10.5. The number of aryl methyl sites for hydroxylation is 1. The lowest BCUT2D eigenvalue weighted by molar-refractivity contribution is 0.601. The third kappa shape index (κ3) is 3.98. The maximum atomic E-state index is 12.6. The Labute approximate surface area is 168 Å². The number of fused-ring (bicyclic) bond motifs is 1. The van der Waals surface area contributed by atoms with Gasteiger partial charge in [-0.1, -0.05) is 30.3 Å². The number of aromatic nitrogens is 2. The van der Waals surface area contributed by atoms with Crippen LogP contribution in [0, 0.1) is 18.3 Å². The summed E-state index contributed by atoms with van der Waals surface area (Å²) in [5.41, 5.74) is 4.56. The second-order valence-corrected chi connectivity index (χ2v) is 8.46. The molecule has 7 heteroatoms. The van der Waals surface area contributed by atoms with Crippen molar-refractivity contribution in [2.24, 2.45) is 0 Å². The van der Waals surface area contributed by atoms with Crippen LogP contribution in [-0.4, -0.2) is 18.4 Å². The van der Waals surface area contributed by atoms with Crippen molar-refractivity contribution in [2.45, 2.75) is 18.2 Å². The van der Waals surface area contributed by atoms with E-state index in [4.69, 9.17) is 5.26 Å². The third-order valence-corrected chi connectivity index (χ3v) is 5.98. The van der Waals surface area contributed by atoms with Gasteiger partial charge in [0.05, 0.1) is 33.2 Å². The molecule has 0 amide bonds. The number of anilines is 1. The van der Waals surface area contributed by atoms with Gasteiger partial charge in [-0.05, 0) is 54.4 Å². The van der Waals surface area contributed by atoms with Crippen molar-refractivity contribution in [3.8, 4) is 6.07 Å². The summed E-state index contributed by atoms with van der Waals surface area (Å²) in [7, 11) is -3.66. The van der Waals surface area contributed by atoms with Gasteiger partial charge in [-0.15, -0.1) is 0 Å². The van der Waals surface area contributed by atoms with Crippen LogP contribution in [0.2, 0.25) is 0 Å². The summed E-state index contributed by atoms with van der Waals surface area (Å²) in [4.78, 5) is 8.13. The zero-order valence-electron chi connectivity index (χ0n) is 15.7. The highest BCUT2D eigenvalue weighted by Gasteiger charge is 2.15. The average Bonchev–Trinajstić information content (AvgIpc) is 3.12. The van der Waals surface area contributed by atoms with Gasteiger partial charge in [0.1, 0.15) is 5.82 Å². The molecule has 144 valence electrons. The lowest BCUT2D eigenvalue weighted by atomic mass is 10.1. The van der Waals surface area contributed by atoms with Crippen molar-refractivity contribution in [1.29, 1.82) is 5.26 Å². The Morgan fingerprint density at radius 3 is 2.48 bits per heavy atom. The maximum absolute atomic E-state index is 12.6. The number of hydrogen-bond donors (Lipinski definition) is 2. The van der Waals surface area contributed by atoms with E-state index in [1.807, 2.05) is 19.1 Å². The summed E-state index contributed by atoms with van der Waals surface area (Å²) in [6.45, 7) is 1.90. The predicted octanol–water partition coefficient (Wildman–Crippen LogP) is 4.13. The van der Waals surface area contributed by atoms with E-state index < -0.39 is 10.0 Å². The monoisotopic (exact) mass is 402 g/mol. The van der Waals surface area contributed by atoms with Crippen LogP contribution in [0.4, 0.5) is 5.69 Å². The number of nitrogens with zero attached hydrogens (tertiary/aromatic N) is 2. The van der Waals surface area contributed by atoms with Crippen molar-refractivity contribution >= 4 is 26.7 Å². The standard InChI is InChI=1S/C22H18N4O2S/c1-15-11-18(26-29(27,28)19-5-3-2-4-6-19)13-20-22(15)25-21(24-20)12-16-7-9-17(14-23)10-8-16/h2-11,13,26H,12H2,1H3,(H,24,25). The minimum atomic E-state index is -3.66. The van der Waals surface area contributed by atoms with E-state index >= 15 is 0 Å². The molecule has 6 nitrogen and oxygen atoms in total. The minimum Gasteiger partial charge on any atom is -0.342 e. The summed E-state index contributed by atoms with van der Waals surface area (Å²) in [5, 5.41) is 8.91. The van der Waals surface area contributed by atoms with Crippen molar-refractivity contribution < 1.29 is 8.42 Å². The maximum Gasteiger partial charge on any atom is 0.261 e. The van der Waals surface area contributed by atoms with E-state index in [1.54, 1.807) is 54.6 Å². The van der Waals surface area contributed by atoms with E-state index in [-0.39, 0.29) is 4.90 Å². The minimum absolute atomic E-state index is 0.212. The molecule has 0 bridgehead atoms. The first-order valence-electron chi connectivity index (χ1n) is 9.01. The number of benzene rings is 3. The molecule has 0 radical (unpaired) electrons. The number of nitriles is 1. The molecule has 0 aliphatic carbocycles. The highest BCUT2D eigenvalue weighted by atomic mass is 32.2. The molecule has 0 fully saturated rings. The van der Waals surface area contributed by atoms with Gasteiger partial charge in [0.25, 0.3) is 10.0 Å². The molecule has 0 spiro atoms. The lowest BCUT2D eigenvalue weighted by Crippen LogP contribution is -2.12. The normalized spacial score (nSPS) is 11.3. The first kappa shape index (κ1) is 18.7. The number of hydrogen-bond acceptors (Lipinski definition) is 4. The molecule has 0 saturated heterocycles. The molecule has 0 atom stereocenters. The Morgan fingerprint density at radius 2 is 1.79 bits per heavy atom. The highest BCUT2D eigenvalue weighted by Crippen LogP contribution is 2.25. The van der Waals surface area contributed by atoms with Crippen LogP contribution in [0.15, 0.2) is 71.6 Å². The van der Waals surface area contributed by atoms with Crippen molar-refractivity contribution in [3.63, 3.8) is 0 Å². The Kier molecular flexibility index (Phi) is 4.79. The molecule has 1 heterocycles. The molecule has 29 heavy (non-hydrogen) atoms. The molecule has 0 aliphatic rings. The van der Waals surface area contributed by atoms with Crippen LogP contribution in [0.25, 0.3) is 11.0 Å². The Hall–Kier alpha value is -3.63. The van der Waals surface area contributed by atoms with Crippen LogP contribution < -0.4 is 4.72 Å². The molecule has 0 unspecified atom stereocenters. The fourth-order valence-electron chi connectivity index (χ4n) is 3.19. The van der Waals surface area contributed by atoms with Crippen LogP contribution in [-0.2, 0) is 16.4 Å². The van der Waals surface area contributed by atoms with Gasteiger partial charge < -0.3 is 4.98 Å². The molecule has 4 rings (SSSR count). The summed E-state index contributed by atoms with van der Waals surface area (Å²) >= 11 is 0. The summed E-state index contributed by atoms with van der Waals surface area (Å²) in [5.74, 6) is 0.774. The van der Waals surface area contributed by atoms with E-state index in [2.05, 4.69) is 20.8 Å². The van der Waals surface area contributed by atoms with Crippen LogP contribution in [0.3, 0.4) is 0 Å². The summed E-state index contributed by atoms with van der Waals surface area (Å²) in [6, 6.07) is 21.2. The van der Waals surface area contributed by atoms with Gasteiger partial charge in [0.2, 0.25) is 0 Å². The molecule has 1 aromatic heterocycles.